The van der Waals surface area contributed by atoms with Crippen LogP contribution in [0.25, 0.3) is 5.57 Å². The van der Waals surface area contributed by atoms with Crippen LogP contribution in [0.3, 0.4) is 0 Å². The van der Waals surface area contributed by atoms with E-state index in [1.54, 1.807) is 0 Å². The van der Waals surface area contributed by atoms with Crippen LogP contribution in [0.4, 0.5) is 5.69 Å². The number of hydrogen-bond donors (Lipinski definition) is 1. The fraction of sp³-hybridized carbons (Fsp3) is 0.129. The highest BCUT2D eigenvalue weighted by Crippen LogP contribution is 2.62. The number of benzene rings is 4. The molecule has 1 aliphatic rings. The van der Waals surface area contributed by atoms with Gasteiger partial charge in [-0.15, -0.1) is 0 Å². The molecule has 0 saturated carbocycles. The van der Waals surface area contributed by atoms with Crippen molar-refractivity contribution in [1.29, 1.82) is 0 Å². The zero-order valence-electron chi connectivity index (χ0n) is 20.4. The largest absolute Gasteiger partial charge is 0.322 e. The normalized spacial score (nSPS) is 16.8. The van der Waals surface area contributed by atoms with Gasteiger partial charge >= 0.3 is 0 Å². The number of rotatable bonds is 4. The Morgan fingerprint density at radius 1 is 0.714 bits per heavy atom. The summed E-state index contributed by atoms with van der Waals surface area (Å²) in [5, 5.41) is 4.83. The molecule has 4 heteroatoms. The van der Waals surface area contributed by atoms with Crippen molar-refractivity contribution in [2.45, 2.75) is 27.7 Å². The molecular formula is C31H28NO2P. The molecule has 0 saturated heterocycles. The number of aryl methyl sites for hydroxylation is 4. The van der Waals surface area contributed by atoms with Gasteiger partial charge in [0, 0.05) is 21.9 Å². The van der Waals surface area contributed by atoms with Crippen molar-refractivity contribution in [1.82, 2.24) is 0 Å². The second kappa shape index (κ2) is 8.83. The summed E-state index contributed by atoms with van der Waals surface area (Å²) in [6.07, 6.45) is 0. The summed E-state index contributed by atoms with van der Waals surface area (Å²) in [5.74, 6) is -0.328. The molecule has 1 atom stereocenters. The average Bonchev–Trinajstić information content (AvgIpc) is 3.10. The van der Waals surface area contributed by atoms with Gasteiger partial charge in [0.1, 0.15) is 0 Å². The maximum Gasteiger partial charge on any atom is 0.260 e. The molecule has 174 valence electrons. The van der Waals surface area contributed by atoms with Crippen molar-refractivity contribution < 1.29 is 9.36 Å². The van der Waals surface area contributed by atoms with Gasteiger partial charge in [0.25, 0.3) is 5.91 Å². The van der Waals surface area contributed by atoms with Crippen LogP contribution >= 0.6 is 7.14 Å². The second-order valence-electron chi connectivity index (χ2n) is 9.34. The predicted octanol–water partition coefficient (Wildman–Crippen LogP) is 6.65. The fourth-order valence-electron chi connectivity index (χ4n) is 5.17. The first-order valence-electron chi connectivity index (χ1n) is 11.8. The van der Waals surface area contributed by atoms with Gasteiger partial charge in [-0.1, -0.05) is 77.4 Å². The molecule has 35 heavy (non-hydrogen) atoms. The Morgan fingerprint density at radius 3 is 1.91 bits per heavy atom. The molecule has 4 aromatic rings. The Balaban J connectivity index is 1.88. The van der Waals surface area contributed by atoms with Crippen LogP contribution < -0.4 is 15.9 Å². The van der Waals surface area contributed by atoms with E-state index in [0.717, 1.165) is 44.3 Å². The number of nitrogens with one attached hydrogen (secondary N) is 1. The highest BCUT2D eigenvalue weighted by molar-refractivity contribution is 7.84. The van der Waals surface area contributed by atoms with Crippen molar-refractivity contribution in [2.24, 2.45) is 0 Å². The molecule has 5 rings (SSSR count). The molecule has 0 spiro atoms. The Labute approximate surface area is 206 Å². The minimum absolute atomic E-state index is 0.328. The summed E-state index contributed by atoms with van der Waals surface area (Å²) >= 11 is 0. The second-order valence-corrected chi connectivity index (χ2v) is 12.0. The van der Waals surface area contributed by atoms with Crippen LogP contribution in [0.1, 0.15) is 33.4 Å². The first-order valence-corrected chi connectivity index (χ1v) is 13.5. The van der Waals surface area contributed by atoms with Crippen LogP contribution in [-0.4, -0.2) is 5.91 Å². The lowest BCUT2D eigenvalue weighted by molar-refractivity contribution is -0.112. The molecule has 0 radical (unpaired) electrons. The summed E-state index contributed by atoms with van der Waals surface area (Å²) < 4.78 is 15.5. The maximum absolute atomic E-state index is 15.5. The molecule has 0 aromatic heterocycles. The number of fused-ring (bicyclic) bond motifs is 1. The third-order valence-corrected chi connectivity index (χ3v) is 9.55. The number of amides is 1. The van der Waals surface area contributed by atoms with E-state index in [0.29, 0.717) is 16.3 Å². The van der Waals surface area contributed by atoms with E-state index in [1.807, 2.05) is 107 Å². The van der Waals surface area contributed by atoms with E-state index < -0.39 is 7.14 Å². The molecule has 0 aliphatic carbocycles. The molecule has 1 aliphatic heterocycles. The Morgan fingerprint density at radius 2 is 1.29 bits per heavy atom. The average molecular weight is 478 g/mol. The maximum atomic E-state index is 15.5. The summed E-state index contributed by atoms with van der Waals surface area (Å²) in [6.45, 7) is 8.07. The number of anilines is 1. The van der Waals surface area contributed by atoms with Crippen LogP contribution in [0.15, 0.2) is 96.3 Å². The predicted molar refractivity (Wildman–Crippen MR) is 146 cm³/mol. The summed E-state index contributed by atoms with van der Waals surface area (Å²) in [5.41, 5.74) is 7.33. The van der Waals surface area contributed by atoms with Crippen molar-refractivity contribution in [2.75, 3.05) is 5.32 Å². The zero-order valence-corrected chi connectivity index (χ0v) is 21.3. The van der Waals surface area contributed by atoms with E-state index in [9.17, 15) is 4.79 Å². The molecule has 0 fully saturated rings. The first kappa shape index (κ1) is 23.1. The third kappa shape index (κ3) is 3.96. The number of carbonyl (C=O) groups is 1. The van der Waals surface area contributed by atoms with Gasteiger partial charge in [0.15, 0.2) is 7.14 Å². The van der Waals surface area contributed by atoms with Gasteiger partial charge in [0.05, 0.1) is 5.31 Å². The van der Waals surface area contributed by atoms with Gasteiger partial charge < -0.3 is 9.88 Å². The van der Waals surface area contributed by atoms with Crippen molar-refractivity contribution in [3.05, 3.63) is 130 Å². The van der Waals surface area contributed by atoms with E-state index in [2.05, 4.69) is 17.4 Å². The van der Waals surface area contributed by atoms with Crippen LogP contribution in [0, 0.1) is 27.7 Å². The van der Waals surface area contributed by atoms with Crippen LogP contribution in [0.2, 0.25) is 0 Å². The van der Waals surface area contributed by atoms with Crippen LogP contribution in [-0.2, 0) is 9.36 Å². The quantitative estimate of drug-likeness (QED) is 0.335. The fourth-order valence-corrected chi connectivity index (χ4v) is 8.60. The van der Waals surface area contributed by atoms with Crippen LogP contribution in [0.5, 0.6) is 0 Å². The smallest absolute Gasteiger partial charge is 0.260 e. The number of para-hydroxylation sites is 1. The van der Waals surface area contributed by atoms with E-state index in [4.69, 9.17) is 0 Å². The molecule has 0 bridgehead atoms. The zero-order chi connectivity index (χ0) is 24.7. The summed E-state index contributed by atoms with van der Waals surface area (Å²) in [6, 6.07) is 29.3. The Bertz CT molecular complexity index is 1520. The van der Waals surface area contributed by atoms with E-state index >= 15 is 4.57 Å². The van der Waals surface area contributed by atoms with Crippen molar-refractivity contribution in [3.8, 4) is 0 Å². The minimum atomic E-state index is -3.48. The SMILES string of the molecule is Cc1cc(C)cc([P@@]2(=O)C(C(=O)Nc3ccccc3)=C(c3ccccc3)c3c(C)cc(C)cc32)c1. The lowest BCUT2D eigenvalue weighted by Gasteiger charge is -2.20. The number of carbonyl (C=O) groups excluding carboxylic acids is 1. The van der Waals surface area contributed by atoms with Crippen molar-refractivity contribution >= 4 is 34.9 Å². The van der Waals surface area contributed by atoms with Gasteiger partial charge in [0.2, 0.25) is 0 Å². The first-order chi connectivity index (χ1) is 16.8. The minimum Gasteiger partial charge on any atom is -0.322 e. The lowest BCUT2D eigenvalue weighted by Crippen LogP contribution is -2.23. The lowest BCUT2D eigenvalue weighted by atomic mass is 9.93. The molecule has 1 heterocycles. The summed E-state index contributed by atoms with van der Waals surface area (Å²) in [4.78, 5) is 14.1. The molecule has 1 amide bonds. The monoisotopic (exact) mass is 477 g/mol. The van der Waals surface area contributed by atoms with E-state index in [-0.39, 0.29) is 5.91 Å². The molecule has 0 unspecified atom stereocenters. The highest BCUT2D eigenvalue weighted by atomic mass is 31.2. The molecule has 4 aromatic carbocycles. The van der Waals surface area contributed by atoms with E-state index in [1.165, 1.54) is 0 Å². The Hall–Kier alpha value is -3.68. The van der Waals surface area contributed by atoms with Gasteiger partial charge in [-0.25, -0.2) is 0 Å². The highest BCUT2D eigenvalue weighted by Gasteiger charge is 2.47. The van der Waals surface area contributed by atoms with Gasteiger partial charge in [-0.3, -0.25) is 4.79 Å². The molecule has 1 N–H and O–H groups in total. The summed E-state index contributed by atoms with van der Waals surface area (Å²) in [7, 11) is -3.48. The van der Waals surface area contributed by atoms with Gasteiger partial charge in [-0.2, -0.15) is 0 Å². The third-order valence-electron chi connectivity index (χ3n) is 6.48. The Kier molecular flexibility index (Phi) is 5.83. The van der Waals surface area contributed by atoms with Crippen molar-refractivity contribution in [3.63, 3.8) is 0 Å². The standard InChI is InChI=1S/C31H28NO2P/c1-20-15-21(2)18-26(17-20)35(34)27-19-22(3)16-23(4)28(27)29(24-11-7-5-8-12-24)30(35)31(33)32-25-13-9-6-10-14-25/h5-19H,1-4H3,(H,32,33)/t35-/m0/s1. The molecule has 3 nitrogen and oxygen atoms in total. The topological polar surface area (TPSA) is 46.2 Å². The number of hydrogen-bond acceptors (Lipinski definition) is 2. The molecular weight excluding hydrogens is 449 g/mol. The van der Waals surface area contributed by atoms with Gasteiger partial charge in [-0.05, 0) is 74.7 Å².